The third kappa shape index (κ3) is 6.79. The highest BCUT2D eigenvalue weighted by molar-refractivity contribution is 6.05. The average Bonchev–Trinajstić information content (AvgIpc) is 3.06. The fourth-order valence-corrected chi connectivity index (χ4v) is 4.17. The summed E-state index contributed by atoms with van der Waals surface area (Å²) in [6.07, 6.45) is 5.69. The van der Waals surface area contributed by atoms with Crippen LogP contribution in [0.1, 0.15) is 88.1 Å². The zero-order valence-electron chi connectivity index (χ0n) is 19.8. The monoisotopic (exact) mass is 458 g/mol. The number of hydrogen-bond acceptors (Lipinski definition) is 6. The van der Waals surface area contributed by atoms with E-state index >= 15 is 0 Å². The molecule has 3 rings (SSSR count). The van der Waals surface area contributed by atoms with Gasteiger partial charge in [-0.25, -0.2) is 0 Å². The molecule has 2 heterocycles. The molecule has 1 unspecified atom stereocenters. The quantitative estimate of drug-likeness (QED) is 0.327. The van der Waals surface area contributed by atoms with Crippen LogP contribution in [0.5, 0.6) is 5.75 Å². The van der Waals surface area contributed by atoms with Crippen molar-refractivity contribution in [3.8, 4) is 5.75 Å². The van der Waals surface area contributed by atoms with E-state index in [0.29, 0.717) is 37.3 Å². The lowest BCUT2D eigenvalue weighted by atomic mass is 10.0. The summed E-state index contributed by atoms with van der Waals surface area (Å²) in [6.45, 7) is 6.45. The Labute approximate surface area is 195 Å². The number of unbranched alkanes of at least 4 members (excludes halogenated alkanes) is 4. The summed E-state index contributed by atoms with van der Waals surface area (Å²) >= 11 is 0. The summed E-state index contributed by atoms with van der Waals surface area (Å²) in [5, 5.41) is 2.32. The van der Waals surface area contributed by atoms with Gasteiger partial charge in [-0.1, -0.05) is 25.3 Å². The first-order chi connectivity index (χ1) is 15.7. The van der Waals surface area contributed by atoms with Crippen molar-refractivity contribution in [2.75, 3.05) is 6.61 Å². The van der Waals surface area contributed by atoms with Gasteiger partial charge in [0.25, 0.3) is 5.91 Å². The number of nitrogens with zero attached hydrogens (tertiary/aromatic N) is 1. The second-order valence-corrected chi connectivity index (χ2v) is 9.63. The van der Waals surface area contributed by atoms with Gasteiger partial charge >= 0.3 is 5.97 Å². The largest absolute Gasteiger partial charge is 0.493 e. The number of piperidine rings is 1. The van der Waals surface area contributed by atoms with Crippen LogP contribution in [0, 0.1) is 0 Å². The Hall–Kier alpha value is -2.90. The van der Waals surface area contributed by atoms with E-state index in [1.54, 1.807) is 12.1 Å². The highest BCUT2D eigenvalue weighted by Crippen LogP contribution is 2.33. The van der Waals surface area contributed by atoms with E-state index in [9.17, 15) is 19.2 Å². The van der Waals surface area contributed by atoms with E-state index < -0.39 is 17.6 Å². The van der Waals surface area contributed by atoms with Crippen LogP contribution in [-0.2, 0) is 25.7 Å². The fourth-order valence-electron chi connectivity index (χ4n) is 4.17. The second kappa shape index (κ2) is 10.8. The van der Waals surface area contributed by atoms with Gasteiger partial charge in [0.1, 0.15) is 17.4 Å². The Morgan fingerprint density at radius 3 is 2.55 bits per heavy atom. The van der Waals surface area contributed by atoms with E-state index in [2.05, 4.69) is 5.32 Å². The van der Waals surface area contributed by atoms with Crippen molar-refractivity contribution >= 4 is 23.7 Å². The molecule has 0 spiro atoms. The molecule has 33 heavy (non-hydrogen) atoms. The van der Waals surface area contributed by atoms with Crippen molar-refractivity contribution in [2.24, 2.45) is 0 Å². The fraction of sp³-hybridized carbons (Fsp3) is 0.600. The molecule has 1 aromatic carbocycles. The number of hydrogen-bond donors (Lipinski definition) is 1. The molecule has 0 bridgehead atoms. The Bertz CT molecular complexity index is 905. The maximum Gasteiger partial charge on any atom is 0.306 e. The molecule has 1 saturated heterocycles. The second-order valence-electron chi connectivity index (χ2n) is 9.63. The maximum absolute atomic E-state index is 12.8. The van der Waals surface area contributed by atoms with Crippen LogP contribution in [-0.4, -0.2) is 46.8 Å². The smallest absolute Gasteiger partial charge is 0.306 e. The summed E-state index contributed by atoms with van der Waals surface area (Å²) in [5.74, 6) is -0.393. The molecular formula is C25H34N2O6. The molecule has 1 atom stereocenters. The van der Waals surface area contributed by atoms with Crippen LogP contribution in [0.15, 0.2) is 18.2 Å². The molecule has 2 aliphatic heterocycles. The molecule has 0 aliphatic carbocycles. The molecule has 1 N–H and O–H groups in total. The molecule has 0 radical (unpaired) electrons. The zero-order chi connectivity index (χ0) is 24.0. The van der Waals surface area contributed by atoms with E-state index in [1.165, 1.54) is 4.90 Å². The third-order valence-electron chi connectivity index (χ3n) is 5.74. The Kier molecular flexibility index (Phi) is 8.10. The molecule has 3 amide bonds. The number of nitrogens with one attached hydrogen (secondary N) is 1. The van der Waals surface area contributed by atoms with Crippen molar-refractivity contribution in [3.63, 3.8) is 0 Å². The van der Waals surface area contributed by atoms with E-state index in [-0.39, 0.29) is 24.2 Å². The van der Waals surface area contributed by atoms with Gasteiger partial charge in [0.2, 0.25) is 11.8 Å². The lowest BCUT2D eigenvalue weighted by molar-refractivity contribution is -0.155. The van der Waals surface area contributed by atoms with Gasteiger partial charge in [0.05, 0.1) is 13.2 Å². The number of rotatable bonds is 10. The summed E-state index contributed by atoms with van der Waals surface area (Å²) in [7, 11) is 0. The van der Waals surface area contributed by atoms with E-state index in [1.807, 2.05) is 26.8 Å². The molecule has 1 fully saturated rings. The highest BCUT2D eigenvalue weighted by atomic mass is 16.6. The summed E-state index contributed by atoms with van der Waals surface area (Å²) < 4.78 is 11.3. The number of fused-ring (bicyclic) bond motifs is 1. The van der Waals surface area contributed by atoms with Crippen LogP contribution in [0.25, 0.3) is 0 Å². The van der Waals surface area contributed by atoms with Crippen molar-refractivity contribution in [1.82, 2.24) is 10.2 Å². The zero-order valence-corrected chi connectivity index (χ0v) is 19.8. The van der Waals surface area contributed by atoms with Crippen molar-refractivity contribution in [2.45, 2.75) is 90.3 Å². The number of carbonyl (C=O) groups excluding carboxylic acids is 4. The predicted molar refractivity (Wildman–Crippen MR) is 122 cm³/mol. The number of carbonyl (C=O) groups is 4. The van der Waals surface area contributed by atoms with E-state index in [0.717, 1.165) is 37.7 Å². The predicted octanol–water partition coefficient (Wildman–Crippen LogP) is 3.51. The molecule has 180 valence electrons. The molecule has 8 nitrogen and oxygen atoms in total. The van der Waals surface area contributed by atoms with E-state index in [4.69, 9.17) is 9.47 Å². The Balaban J connectivity index is 1.40. The number of imide groups is 1. The van der Waals surface area contributed by atoms with Gasteiger partial charge in [-0.05, 0) is 52.2 Å². The summed E-state index contributed by atoms with van der Waals surface area (Å²) in [6, 6.07) is 4.76. The molecule has 0 aromatic heterocycles. The minimum Gasteiger partial charge on any atom is -0.493 e. The van der Waals surface area contributed by atoms with Crippen molar-refractivity contribution in [3.05, 3.63) is 29.3 Å². The van der Waals surface area contributed by atoms with Crippen molar-refractivity contribution < 1.29 is 28.7 Å². The van der Waals surface area contributed by atoms with Gasteiger partial charge < -0.3 is 14.4 Å². The first kappa shape index (κ1) is 24.7. The third-order valence-corrected chi connectivity index (χ3v) is 5.74. The lowest BCUT2D eigenvalue weighted by Crippen LogP contribution is -2.52. The maximum atomic E-state index is 12.8. The van der Waals surface area contributed by atoms with Crippen LogP contribution in [0.2, 0.25) is 0 Å². The van der Waals surface area contributed by atoms with Crippen LogP contribution < -0.4 is 10.1 Å². The van der Waals surface area contributed by atoms with Crippen molar-refractivity contribution in [1.29, 1.82) is 0 Å². The molecule has 8 heteroatoms. The van der Waals surface area contributed by atoms with Gasteiger partial charge in [-0.2, -0.15) is 0 Å². The number of ether oxygens (including phenoxy) is 2. The summed E-state index contributed by atoms with van der Waals surface area (Å²) in [5.41, 5.74) is 0.916. The Morgan fingerprint density at radius 2 is 1.82 bits per heavy atom. The SMILES string of the molecule is CC(C)(C)OC(=O)CCCCCCCOc1cccc2c1CN(C1CCC(=O)NC1=O)C2=O. The molecule has 2 aliphatic rings. The van der Waals surface area contributed by atoms with Gasteiger partial charge in [-0.3, -0.25) is 24.5 Å². The molecule has 0 saturated carbocycles. The van der Waals surface area contributed by atoms with Gasteiger partial charge in [0.15, 0.2) is 0 Å². The average molecular weight is 459 g/mol. The standard InChI is InChI=1S/C25H34N2O6/c1-25(2,3)33-22(29)12-7-5-4-6-8-15-32-20-11-9-10-17-18(20)16-27(24(17)31)19-13-14-21(28)26-23(19)30/h9-11,19H,4-8,12-16H2,1-3H3,(H,26,28,30). The van der Waals surface area contributed by atoms with Crippen LogP contribution >= 0.6 is 0 Å². The van der Waals surface area contributed by atoms with Gasteiger partial charge in [0, 0.05) is 24.0 Å². The molecule has 1 aromatic rings. The first-order valence-electron chi connectivity index (χ1n) is 11.8. The van der Waals surface area contributed by atoms with Crippen LogP contribution in [0.4, 0.5) is 0 Å². The lowest BCUT2D eigenvalue weighted by Gasteiger charge is -2.29. The summed E-state index contributed by atoms with van der Waals surface area (Å²) in [4.78, 5) is 49.7. The Morgan fingerprint density at radius 1 is 1.09 bits per heavy atom. The van der Waals surface area contributed by atoms with Crippen LogP contribution in [0.3, 0.4) is 0 Å². The minimum atomic E-state index is -0.629. The minimum absolute atomic E-state index is 0.148. The molecular weight excluding hydrogens is 424 g/mol. The number of benzene rings is 1. The van der Waals surface area contributed by atoms with Gasteiger partial charge in [-0.15, -0.1) is 0 Å². The number of amides is 3. The normalized spacial score (nSPS) is 18.2. The topological polar surface area (TPSA) is 102 Å². The number of esters is 1. The first-order valence-corrected chi connectivity index (χ1v) is 11.8. The highest BCUT2D eigenvalue weighted by Gasteiger charge is 2.40.